The van der Waals surface area contributed by atoms with Crippen molar-refractivity contribution in [3.8, 4) is 5.75 Å². The summed E-state index contributed by atoms with van der Waals surface area (Å²) in [5.74, 6) is 2.15. The van der Waals surface area contributed by atoms with Gasteiger partial charge < -0.3 is 4.74 Å². The molecule has 2 aliphatic rings. The van der Waals surface area contributed by atoms with Crippen molar-refractivity contribution in [3.05, 3.63) is 29.3 Å². The van der Waals surface area contributed by atoms with E-state index in [0.717, 1.165) is 75.0 Å². The number of ether oxygens (including phenoxy) is 1. The molecule has 3 heteroatoms. The first kappa shape index (κ1) is 25.5. The summed E-state index contributed by atoms with van der Waals surface area (Å²) in [4.78, 5) is 0. The maximum atomic E-state index is 15.0. The van der Waals surface area contributed by atoms with Gasteiger partial charge in [0.1, 0.15) is 0 Å². The van der Waals surface area contributed by atoms with E-state index in [-0.39, 0.29) is 17.8 Å². The second-order valence-electron chi connectivity index (χ2n) is 10.9. The van der Waals surface area contributed by atoms with Crippen LogP contribution in [0.5, 0.6) is 5.75 Å². The highest BCUT2D eigenvalue weighted by Gasteiger charge is 2.33. The minimum Gasteiger partial charge on any atom is -0.488 e. The summed E-state index contributed by atoms with van der Waals surface area (Å²) in [6, 6.07) is 3.45. The van der Waals surface area contributed by atoms with Gasteiger partial charge >= 0.3 is 0 Å². The standard InChI is InChI=1S/C29H46F2O/c1-5-7-8-9-21(4)32-27-19-18-26(28(30)29(27)31)25-16-14-24(15-17-25)23-12-10-22(11-13-23)20(3)6-2/h18-25H,5-17H2,1-4H3. The summed E-state index contributed by atoms with van der Waals surface area (Å²) >= 11 is 0. The molecule has 0 saturated heterocycles. The largest absolute Gasteiger partial charge is 0.488 e. The minimum absolute atomic E-state index is 0.0713. The molecule has 3 rings (SSSR count). The van der Waals surface area contributed by atoms with Gasteiger partial charge in [0.05, 0.1) is 6.10 Å². The number of halogens is 2. The Morgan fingerprint density at radius 2 is 1.47 bits per heavy atom. The highest BCUT2D eigenvalue weighted by Crippen LogP contribution is 2.46. The monoisotopic (exact) mass is 448 g/mol. The Morgan fingerprint density at radius 1 is 0.844 bits per heavy atom. The molecule has 2 unspecified atom stereocenters. The van der Waals surface area contributed by atoms with Crippen LogP contribution < -0.4 is 4.74 Å². The Hall–Kier alpha value is -1.12. The molecule has 0 aliphatic heterocycles. The van der Waals surface area contributed by atoms with E-state index in [2.05, 4.69) is 20.8 Å². The zero-order valence-electron chi connectivity index (χ0n) is 21.0. The maximum Gasteiger partial charge on any atom is 0.200 e. The highest BCUT2D eigenvalue weighted by atomic mass is 19.2. The molecule has 0 N–H and O–H groups in total. The third-order valence-electron chi connectivity index (χ3n) is 8.76. The number of unbranched alkanes of at least 4 members (excludes halogenated alkanes) is 2. The fraction of sp³-hybridized carbons (Fsp3) is 0.793. The number of hydrogen-bond acceptors (Lipinski definition) is 1. The van der Waals surface area contributed by atoms with Crippen LogP contribution in [0.4, 0.5) is 8.78 Å². The maximum absolute atomic E-state index is 15.0. The van der Waals surface area contributed by atoms with Crippen LogP contribution >= 0.6 is 0 Å². The molecule has 2 atom stereocenters. The molecule has 0 spiro atoms. The van der Waals surface area contributed by atoms with Crippen LogP contribution in [0, 0.1) is 35.3 Å². The van der Waals surface area contributed by atoms with Gasteiger partial charge in [-0.2, -0.15) is 4.39 Å². The van der Waals surface area contributed by atoms with Crippen LogP contribution in [0.2, 0.25) is 0 Å². The fourth-order valence-electron chi connectivity index (χ4n) is 6.33. The average Bonchev–Trinajstić information content (AvgIpc) is 2.82. The Kier molecular flexibility index (Phi) is 9.86. The first-order valence-corrected chi connectivity index (χ1v) is 13.6. The summed E-state index contributed by atoms with van der Waals surface area (Å²) in [5.41, 5.74) is 0.562. The summed E-state index contributed by atoms with van der Waals surface area (Å²) in [6.07, 6.45) is 15.2. The molecular formula is C29H46F2O. The van der Waals surface area contributed by atoms with Crippen LogP contribution in [0.1, 0.15) is 123 Å². The van der Waals surface area contributed by atoms with Crippen molar-refractivity contribution < 1.29 is 13.5 Å². The van der Waals surface area contributed by atoms with Gasteiger partial charge in [0.2, 0.25) is 5.82 Å². The van der Waals surface area contributed by atoms with Crippen molar-refractivity contribution in [3.63, 3.8) is 0 Å². The smallest absolute Gasteiger partial charge is 0.200 e. The van der Waals surface area contributed by atoms with E-state index in [1.165, 1.54) is 32.1 Å². The normalized spacial score (nSPS) is 28.3. The molecule has 0 radical (unpaired) electrons. The van der Waals surface area contributed by atoms with E-state index in [0.29, 0.717) is 5.56 Å². The van der Waals surface area contributed by atoms with E-state index in [4.69, 9.17) is 4.74 Å². The van der Waals surface area contributed by atoms with Crippen LogP contribution in [-0.4, -0.2) is 6.10 Å². The first-order chi connectivity index (χ1) is 15.4. The third kappa shape index (κ3) is 6.48. The van der Waals surface area contributed by atoms with Gasteiger partial charge in [0.25, 0.3) is 0 Å². The van der Waals surface area contributed by atoms with Gasteiger partial charge in [-0.1, -0.05) is 46.1 Å². The van der Waals surface area contributed by atoms with Crippen molar-refractivity contribution in [2.75, 3.05) is 0 Å². The lowest BCUT2D eigenvalue weighted by Gasteiger charge is -2.39. The predicted molar refractivity (Wildman–Crippen MR) is 130 cm³/mol. The molecule has 32 heavy (non-hydrogen) atoms. The summed E-state index contributed by atoms with van der Waals surface area (Å²) in [5, 5.41) is 0. The van der Waals surface area contributed by atoms with E-state index >= 15 is 0 Å². The molecule has 2 saturated carbocycles. The Balaban J connectivity index is 1.51. The molecule has 2 fully saturated rings. The zero-order valence-corrected chi connectivity index (χ0v) is 21.0. The number of hydrogen-bond donors (Lipinski definition) is 0. The third-order valence-corrected chi connectivity index (χ3v) is 8.76. The molecule has 0 aromatic heterocycles. The van der Waals surface area contributed by atoms with Crippen LogP contribution in [0.3, 0.4) is 0 Å². The van der Waals surface area contributed by atoms with E-state index in [1.807, 2.05) is 6.92 Å². The van der Waals surface area contributed by atoms with Crippen molar-refractivity contribution >= 4 is 0 Å². The van der Waals surface area contributed by atoms with E-state index in [1.54, 1.807) is 12.1 Å². The first-order valence-electron chi connectivity index (χ1n) is 13.6. The SMILES string of the molecule is CCCCCC(C)Oc1ccc(C2CCC(C3CCC(C(C)CC)CC3)CC2)c(F)c1F. The average molecular weight is 449 g/mol. The van der Waals surface area contributed by atoms with Crippen LogP contribution in [-0.2, 0) is 0 Å². The topological polar surface area (TPSA) is 9.23 Å². The Labute approximate surface area is 195 Å². The fourth-order valence-corrected chi connectivity index (χ4v) is 6.33. The van der Waals surface area contributed by atoms with E-state index < -0.39 is 11.6 Å². The van der Waals surface area contributed by atoms with Gasteiger partial charge in [-0.05, 0) is 112 Å². The summed E-state index contributed by atoms with van der Waals surface area (Å²) < 4.78 is 35.4. The molecule has 0 amide bonds. The van der Waals surface area contributed by atoms with Gasteiger partial charge in [0, 0.05) is 0 Å². The minimum atomic E-state index is -0.796. The molecule has 1 aromatic carbocycles. The van der Waals surface area contributed by atoms with Gasteiger partial charge in [-0.3, -0.25) is 0 Å². The second-order valence-corrected chi connectivity index (χ2v) is 10.9. The molecule has 0 bridgehead atoms. The second kappa shape index (κ2) is 12.4. The van der Waals surface area contributed by atoms with Crippen molar-refractivity contribution in [1.82, 2.24) is 0 Å². The lowest BCUT2D eigenvalue weighted by atomic mass is 9.66. The molecule has 182 valence electrons. The number of rotatable bonds is 10. The molecule has 0 heterocycles. The number of benzene rings is 1. The Morgan fingerprint density at radius 3 is 2.06 bits per heavy atom. The van der Waals surface area contributed by atoms with E-state index in [9.17, 15) is 8.78 Å². The van der Waals surface area contributed by atoms with Crippen molar-refractivity contribution in [1.29, 1.82) is 0 Å². The van der Waals surface area contributed by atoms with Crippen molar-refractivity contribution in [2.24, 2.45) is 23.7 Å². The molecule has 1 aromatic rings. The lowest BCUT2D eigenvalue weighted by molar-refractivity contribution is 0.137. The van der Waals surface area contributed by atoms with Gasteiger partial charge in [-0.15, -0.1) is 0 Å². The van der Waals surface area contributed by atoms with Gasteiger partial charge in [0.15, 0.2) is 11.6 Å². The van der Waals surface area contributed by atoms with Crippen LogP contribution in [0.15, 0.2) is 12.1 Å². The Bertz CT molecular complexity index is 687. The molecule has 2 aliphatic carbocycles. The highest BCUT2D eigenvalue weighted by molar-refractivity contribution is 5.33. The van der Waals surface area contributed by atoms with Crippen molar-refractivity contribution in [2.45, 2.75) is 123 Å². The van der Waals surface area contributed by atoms with Crippen LogP contribution in [0.25, 0.3) is 0 Å². The molecule has 1 nitrogen and oxygen atoms in total. The zero-order chi connectivity index (χ0) is 23.1. The molecular weight excluding hydrogens is 402 g/mol. The van der Waals surface area contributed by atoms with Gasteiger partial charge in [-0.25, -0.2) is 4.39 Å². The predicted octanol–water partition coefficient (Wildman–Crippen LogP) is 9.44. The summed E-state index contributed by atoms with van der Waals surface area (Å²) in [6.45, 7) is 8.82. The lowest BCUT2D eigenvalue weighted by Crippen LogP contribution is -2.27. The quantitative estimate of drug-likeness (QED) is 0.324. The summed E-state index contributed by atoms with van der Waals surface area (Å²) in [7, 11) is 0.